The first kappa shape index (κ1) is 36.3. The molecule has 0 spiro atoms. The van der Waals surface area contributed by atoms with E-state index in [0.29, 0.717) is 77.5 Å². The number of nitrogens with zero attached hydrogens (tertiary/aromatic N) is 5. The van der Waals surface area contributed by atoms with E-state index < -0.39 is 0 Å². The molecule has 0 bridgehead atoms. The molecule has 3 aromatic rings. The summed E-state index contributed by atoms with van der Waals surface area (Å²) in [6, 6.07) is 8.72. The van der Waals surface area contributed by atoms with E-state index in [-0.39, 0.29) is 42.5 Å². The van der Waals surface area contributed by atoms with Crippen LogP contribution in [-0.2, 0) is 17.7 Å². The zero-order valence-corrected chi connectivity index (χ0v) is 32.2. The number of ether oxygens (including phenoxy) is 5. The Kier molecular flexibility index (Phi) is 9.66. The van der Waals surface area contributed by atoms with Gasteiger partial charge in [0.15, 0.2) is 23.0 Å². The minimum Gasteiger partial charge on any atom is -0.493 e. The number of piperidine rings is 1. The Morgan fingerprint density at radius 1 is 0.875 bits per heavy atom. The van der Waals surface area contributed by atoms with Crippen LogP contribution in [0.2, 0.25) is 0 Å². The van der Waals surface area contributed by atoms with Crippen molar-refractivity contribution in [2.45, 2.75) is 50.4 Å². The van der Waals surface area contributed by atoms with Gasteiger partial charge in [-0.25, -0.2) is 0 Å². The number of amides is 2. The molecule has 0 saturated carbocycles. The average Bonchev–Trinajstić information content (AvgIpc) is 3.82. The number of rotatable bonds is 10. The van der Waals surface area contributed by atoms with Crippen molar-refractivity contribution in [3.05, 3.63) is 82.3 Å². The van der Waals surface area contributed by atoms with Crippen molar-refractivity contribution in [3.63, 3.8) is 0 Å². The van der Waals surface area contributed by atoms with Crippen LogP contribution in [-0.4, -0.2) is 118 Å². The van der Waals surface area contributed by atoms with Gasteiger partial charge in [-0.15, -0.1) is 0 Å². The predicted molar refractivity (Wildman–Crippen MR) is 209 cm³/mol. The molecular weight excluding hydrogens is 714 g/mol. The van der Waals surface area contributed by atoms with Gasteiger partial charge in [0.25, 0.3) is 11.8 Å². The molecular formula is C43H47N5O8. The lowest BCUT2D eigenvalue weighted by molar-refractivity contribution is 0.0213. The van der Waals surface area contributed by atoms with Crippen molar-refractivity contribution in [1.82, 2.24) is 14.7 Å². The predicted octanol–water partition coefficient (Wildman–Crippen LogP) is 5.81. The van der Waals surface area contributed by atoms with Gasteiger partial charge in [-0.1, -0.05) is 17.7 Å². The van der Waals surface area contributed by atoms with E-state index in [1.54, 1.807) is 38.7 Å². The van der Waals surface area contributed by atoms with Gasteiger partial charge in [-0.05, 0) is 57.1 Å². The summed E-state index contributed by atoms with van der Waals surface area (Å²) in [7, 11) is 7.27. The standard InChI is InChI=1S/C43H47N5O8/c1-46(2)20-25-9-26(23-55-40-16-34-32(14-38(40)51-3)42(49)47-21-28-5-7-53-36(28)12-30(47)18-44-34)11-27(10-25)24-56-41-17-35-33(15-39(41)52-4)43(50)48-22-29-6-8-54-37(29)13-31(48)19-45-35/h5,7,9,11,14-19,27,29-31,37H,6,8,10,12-13,20-24H2,1-4H3. The highest BCUT2D eigenvalue weighted by molar-refractivity contribution is 6.04. The Bertz CT molecular complexity index is 2170. The molecule has 2 fully saturated rings. The molecule has 9 rings (SSSR count). The molecule has 1 aromatic heterocycles. The first-order valence-electron chi connectivity index (χ1n) is 19.4. The number of hydrogen-bond donors (Lipinski definition) is 0. The summed E-state index contributed by atoms with van der Waals surface area (Å²) in [5, 5.41) is 0. The molecule has 13 heteroatoms. The number of benzene rings is 2. The molecule has 0 radical (unpaired) electrons. The summed E-state index contributed by atoms with van der Waals surface area (Å²) in [4.78, 5) is 43.1. The maximum atomic E-state index is 13.8. The third kappa shape index (κ3) is 6.87. The van der Waals surface area contributed by atoms with Crippen LogP contribution in [0.5, 0.6) is 23.0 Å². The molecule has 5 atom stereocenters. The minimum absolute atomic E-state index is 0.0376. The molecule has 0 N–H and O–H groups in total. The van der Waals surface area contributed by atoms with Crippen molar-refractivity contribution < 1.29 is 37.7 Å². The summed E-state index contributed by atoms with van der Waals surface area (Å²) in [6.45, 7) is 3.33. The monoisotopic (exact) mass is 761 g/mol. The smallest absolute Gasteiger partial charge is 0.257 e. The number of carbonyl (C=O) groups is 2. The second-order valence-corrected chi connectivity index (χ2v) is 15.7. The van der Waals surface area contributed by atoms with E-state index in [1.807, 2.05) is 34.4 Å². The largest absolute Gasteiger partial charge is 0.493 e. The Hall–Kier alpha value is -5.40. The number of methoxy groups -OCH3 is 2. The van der Waals surface area contributed by atoms with E-state index >= 15 is 0 Å². The van der Waals surface area contributed by atoms with Gasteiger partial charge >= 0.3 is 0 Å². The minimum atomic E-state index is -0.200. The fourth-order valence-corrected chi connectivity index (χ4v) is 8.91. The maximum Gasteiger partial charge on any atom is 0.257 e. The van der Waals surface area contributed by atoms with Gasteiger partial charge in [-0.2, -0.15) is 0 Å². The zero-order chi connectivity index (χ0) is 38.5. The van der Waals surface area contributed by atoms with Crippen LogP contribution in [0.15, 0.2) is 74.3 Å². The van der Waals surface area contributed by atoms with Crippen LogP contribution in [0.4, 0.5) is 11.4 Å². The normalized spacial score (nSPS) is 24.8. The van der Waals surface area contributed by atoms with Gasteiger partial charge < -0.3 is 42.8 Å². The SMILES string of the molecule is COc1cc2c(cc1OCC1=CC(COc3cc4c(cc3OC)C(=O)N3CC5CCOC5CC3C=N4)CC(CN(C)C)=C1)N=CC1Cc3occc3CN1C2=O. The number of likely N-dealkylation sites (N-methyl/N-ethyl adjacent to an activating group) is 1. The average molecular weight is 762 g/mol. The Balaban J connectivity index is 0.922. The van der Waals surface area contributed by atoms with E-state index in [2.05, 4.69) is 31.1 Å². The summed E-state index contributed by atoms with van der Waals surface area (Å²) in [5.41, 5.74) is 5.37. The first-order valence-corrected chi connectivity index (χ1v) is 19.4. The summed E-state index contributed by atoms with van der Waals surface area (Å²) in [6.07, 6.45) is 13.1. The van der Waals surface area contributed by atoms with Gasteiger partial charge in [0.05, 0.1) is 74.3 Å². The lowest BCUT2D eigenvalue weighted by Crippen LogP contribution is -2.51. The maximum absolute atomic E-state index is 13.8. The van der Waals surface area contributed by atoms with Crippen LogP contribution in [0.25, 0.3) is 0 Å². The number of furan rings is 1. The van der Waals surface area contributed by atoms with E-state index in [4.69, 9.17) is 38.1 Å². The molecule has 2 aromatic carbocycles. The Morgan fingerprint density at radius 2 is 1.59 bits per heavy atom. The van der Waals surface area contributed by atoms with Crippen molar-refractivity contribution in [2.75, 3.05) is 61.2 Å². The lowest BCUT2D eigenvalue weighted by Gasteiger charge is -2.38. The summed E-state index contributed by atoms with van der Waals surface area (Å²) >= 11 is 0. The zero-order valence-electron chi connectivity index (χ0n) is 32.2. The molecule has 13 nitrogen and oxygen atoms in total. The molecule has 1 aliphatic carbocycles. The fraction of sp³-hybridized carbons (Fsp3) is 0.442. The third-order valence-corrected chi connectivity index (χ3v) is 11.7. The molecule has 2 amide bonds. The van der Waals surface area contributed by atoms with Crippen LogP contribution in [0.3, 0.4) is 0 Å². The van der Waals surface area contributed by atoms with Gasteiger partial charge in [0, 0.05) is 68.1 Å². The van der Waals surface area contributed by atoms with Gasteiger partial charge in [0.1, 0.15) is 12.4 Å². The van der Waals surface area contributed by atoms with Gasteiger partial charge in [-0.3, -0.25) is 19.6 Å². The quantitative estimate of drug-likeness (QED) is 0.252. The van der Waals surface area contributed by atoms with Crippen molar-refractivity contribution in [1.29, 1.82) is 0 Å². The summed E-state index contributed by atoms with van der Waals surface area (Å²) in [5.74, 6) is 3.14. The fourth-order valence-electron chi connectivity index (χ4n) is 8.91. The van der Waals surface area contributed by atoms with Crippen LogP contribution >= 0.6 is 0 Å². The number of hydrogen-bond acceptors (Lipinski definition) is 11. The molecule has 6 aliphatic rings. The van der Waals surface area contributed by atoms with Crippen LogP contribution in [0.1, 0.15) is 51.3 Å². The van der Waals surface area contributed by atoms with Crippen molar-refractivity contribution in [2.24, 2.45) is 21.8 Å². The topological polar surface area (TPSA) is 128 Å². The molecule has 292 valence electrons. The van der Waals surface area contributed by atoms with E-state index in [9.17, 15) is 9.59 Å². The lowest BCUT2D eigenvalue weighted by atomic mass is 9.89. The Labute approximate surface area is 326 Å². The number of carbonyl (C=O) groups excluding carboxylic acids is 2. The van der Waals surface area contributed by atoms with E-state index in [1.165, 1.54) is 5.57 Å². The second kappa shape index (κ2) is 14.9. The van der Waals surface area contributed by atoms with E-state index in [0.717, 1.165) is 49.3 Å². The third-order valence-electron chi connectivity index (χ3n) is 11.7. The van der Waals surface area contributed by atoms with Crippen molar-refractivity contribution >= 4 is 35.6 Å². The molecule has 56 heavy (non-hydrogen) atoms. The van der Waals surface area contributed by atoms with Crippen LogP contribution < -0.4 is 18.9 Å². The Morgan fingerprint density at radius 3 is 2.32 bits per heavy atom. The second-order valence-electron chi connectivity index (χ2n) is 15.7. The highest BCUT2D eigenvalue weighted by atomic mass is 16.5. The first-order chi connectivity index (χ1) is 27.2. The molecule has 6 heterocycles. The molecule has 2 saturated heterocycles. The number of aliphatic imine (C=N–C) groups is 2. The highest BCUT2D eigenvalue weighted by Crippen LogP contribution is 2.42. The number of fused-ring (bicyclic) bond motifs is 6. The van der Waals surface area contributed by atoms with Crippen molar-refractivity contribution in [3.8, 4) is 23.0 Å². The molecule has 5 aliphatic heterocycles. The molecule has 5 unspecified atom stereocenters. The van der Waals surface area contributed by atoms with Gasteiger partial charge in [0.2, 0.25) is 0 Å². The van der Waals surface area contributed by atoms with Crippen LogP contribution in [0, 0.1) is 11.8 Å². The highest BCUT2D eigenvalue weighted by Gasteiger charge is 2.42. The summed E-state index contributed by atoms with van der Waals surface area (Å²) < 4.78 is 36.0.